The SMILES string of the molecule is Cc1cc(Oc2sc(C(C)O)cc2[N+](=O)[O-])ccc1Cl. The molecule has 1 aromatic carbocycles. The summed E-state index contributed by atoms with van der Waals surface area (Å²) in [4.78, 5) is 11.0. The molecule has 0 saturated carbocycles. The van der Waals surface area contributed by atoms with Crippen LogP contribution in [-0.4, -0.2) is 10.0 Å². The van der Waals surface area contributed by atoms with Gasteiger partial charge in [0.25, 0.3) is 5.06 Å². The number of benzene rings is 1. The number of rotatable bonds is 4. The first-order valence-corrected chi connectivity index (χ1v) is 6.98. The molecule has 0 spiro atoms. The van der Waals surface area contributed by atoms with Crippen LogP contribution in [0.3, 0.4) is 0 Å². The zero-order chi connectivity index (χ0) is 14.9. The van der Waals surface area contributed by atoms with Crippen molar-refractivity contribution in [2.45, 2.75) is 20.0 Å². The number of nitrogens with zero attached hydrogens (tertiary/aromatic N) is 1. The van der Waals surface area contributed by atoms with Gasteiger partial charge >= 0.3 is 5.69 Å². The summed E-state index contributed by atoms with van der Waals surface area (Å²) < 4.78 is 5.54. The van der Waals surface area contributed by atoms with Crippen LogP contribution >= 0.6 is 22.9 Å². The highest BCUT2D eigenvalue weighted by Crippen LogP contribution is 2.42. The Bertz CT molecular complexity index is 654. The maximum atomic E-state index is 11.0. The van der Waals surface area contributed by atoms with Gasteiger partial charge in [-0.25, -0.2) is 0 Å². The van der Waals surface area contributed by atoms with Crippen molar-refractivity contribution >= 4 is 28.6 Å². The largest absolute Gasteiger partial charge is 0.440 e. The first-order chi connectivity index (χ1) is 9.38. The van der Waals surface area contributed by atoms with Gasteiger partial charge in [-0.05, 0) is 37.6 Å². The summed E-state index contributed by atoms with van der Waals surface area (Å²) in [5.41, 5.74) is 0.664. The number of hydrogen-bond donors (Lipinski definition) is 1. The van der Waals surface area contributed by atoms with Gasteiger partial charge in [-0.1, -0.05) is 22.9 Å². The zero-order valence-electron chi connectivity index (χ0n) is 10.8. The van der Waals surface area contributed by atoms with Gasteiger partial charge in [0.15, 0.2) is 0 Å². The van der Waals surface area contributed by atoms with E-state index in [4.69, 9.17) is 16.3 Å². The predicted molar refractivity (Wildman–Crippen MR) is 77.9 cm³/mol. The number of ether oxygens (including phenoxy) is 1. The Morgan fingerprint density at radius 3 is 2.70 bits per heavy atom. The standard InChI is InChI=1S/C13H12ClNO4S/c1-7-5-9(3-4-10(7)14)19-13-11(15(17)18)6-12(20-13)8(2)16/h3-6,8,16H,1-2H3. The molecule has 2 aromatic rings. The Morgan fingerprint density at radius 1 is 1.45 bits per heavy atom. The fourth-order valence-corrected chi connectivity index (χ4v) is 2.63. The van der Waals surface area contributed by atoms with Gasteiger partial charge in [0.1, 0.15) is 5.75 Å². The first kappa shape index (κ1) is 14.8. The summed E-state index contributed by atoms with van der Waals surface area (Å²) in [6.45, 7) is 3.37. The van der Waals surface area contributed by atoms with Crippen LogP contribution in [0.2, 0.25) is 5.02 Å². The fourth-order valence-electron chi connectivity index (χ4n) is 1.58. The van der Waals surface area contributed by atoms with Crippen LogP contribution < -0.4 is 4.74 Å². The lowest BCUT2D eigenvalue weighted by atomic mass is 10.2. The first-order valence-electron chi connectivity index (χ1n) is 5.78. The molecule has 5 nitrogen and oxygen atoms in total. The van der Waals surface area contributed by atoms with Gasteiger partial charge < -0.3 is 9.84 Å². The second-order valence-electron chi connectivity index (χ2n) is 4.27. The van der Waals surface area contributed by atoms with E-state index >= 15 is 0 Å². The lowest BCUT2D eigenvalue weighted by Crippen LogP contribution is -1.90. The number of thiophene rings is 1. The van der Waals surface area contributed by atoms with E-state index in [-0.39, 0.29) is 10.8 Å². The summed E-state index contributed by atoms with van der Waals surface area (Å²) >= 11 is 6.97. The minimum atomic E-state index is -0.775. The number of hydrogen-bond acceptors (Lipinski definition) is 5. The van der Waals surface area contributed by atoms with Crippen LogP contribution in [0.25, 0.3) is 0 Å². The van der Waals surface area contributed by atoms with Crippen LogP contribution in [0, 0.1) is 17.0 Å². The monoisotopic (exact) mass is 313 g/mol. The molecule has 2 rings (SSSR count). The van der Waals surface area contributed by atoms with Gasteiger partial charge in [-0.15, -0.1) is 0 Å². The quantitative estimate of drug-likeness (QED) is 0.668. The maximum Gasteiger partial charge on any atom is 0.323 e. The lowest BCUT2D eigenvalue weighted by molar-refractivity contribution is -0.385. The van der Waals surface area contributed by atoms with Crippen molar-refractivity contribution in [1.82, 2.24) is 0 Å². The molecule has 0 radical (unpaired) electrons. The van der Waals surface area contributed by atoms with Crippen molar-refractivity contribution in [3.05, 3.63) is 49.8 Å². The molecule has 7 heteroatoms. The molecule has 106 valence electrons. The molecule has 0 aliphatic carbocycles. The second kappa shape index (κ2) is 5.78. The molecule has 1 unspecified atom stereocenters. The average Bonchev–Trinajstić information content (AvgIpc) is 2.78. The Hall–Kier alpha value is -1.63. The molecule has 0 bridgehead atoms. The Balaban J connectivity index is 2.36. The Kier molecular flexibility index (Phi) is 4.27. The smallest absolute Gasteiger partial charge is 0.323 e. The van der Waals surface area contributed by atoms with Gasteiger partial charge in [-0.3, -0.25) is 10.1 Å². The molecule has 20 heavy (non-hydrogen) atoms. The molecular formula is C13H12ClNO4S. The molecule has 1 heterocycles. The van der Waals surface area contributed by atoms with Crippen molar-refractivity contribution in [3.8, 4) is 10.8 Å². The Morgan fingerprint density at radius 2 is 2.15 bits per heavy atom. The molecular weight excluding hydrogens is 302 g/mol. The van der Waals surface area contributed by atoms with Crippen LogP contribution in [0.1, 0.15) is 23.5 Å². The van der Waals surface area contributed by atoms with E-state index < -0.39 is 11.0 Å². The number of nitro groups is 1. The number of aliphatic hydroxyl groups excluding tert-OH is 1. The van der Waals surface area contributed by atoms with Gasteiger partial charge in [0.2, 0.25) is 0 Å². The third-order valence-corrected chi connectivity index (χ3v) is 4.24. The highest BCUT2D eigenvalue weighted by molar-refractivity contribution is 7.14. The van der Waals surface area contributed by atoms with Crippen LogP contribution in [0.4, 0.5) is 5.69 Å². The summed E-state index contributed by atoms with van der Waals surface area (Å²) in [5.74, 6) is 0.467. The number of halogens is 1. The van der Waals surface area contributed by atoms with Crippen molar-refractivity contribution in [2.75, 3.05) is 0 Å². The molecule has 0 aliphatic heterocycles. The molecule has 0 fully saturated rings. The third kappa shape index (κ3) is 3.09. The molecule has 1 N–H and O–H groups in total. The summed E-state index contributed by atoms with van der Waals surface area (Å²) in [7, 11) is 0. The number of aryl methyl sites for hydroxylation is 1. The summed E-state index contributed by atoms with van der Waals surface area (Å²) in [6.07, 6.45) is -0.775. The topological polar surface area (TPSA) is 72.6 Å². The van der Waals surface area contributed by atoms with Crippen molar-refractivity contribution in [2.24, 2.45) is 0 Å². The van der Waals surface area contributed by atoms with Crippen LogP contribution in [0.5, 0.6) is 10.8 Å². The highest BCUT2D eigenvalue weighted by Gasteiger charge is 2.23. The summed E-state index contributed by atoms with van der Waals surface area (Å²) in [5, 5.41) is 21.2. The van der Waals surface area contributed by atoms with Crippen molar-refractivity contribution in [1.29, 1.82) is 0 Å². The van der Waals surface area contributed by atoms with E-state index in [9.17, 15) is 15.2 Å². The van der Waals surface area contributed by atoms with Crippen LogP contribution in [0.15, 0.2) is 24.3 Å². The van der Waals surface area contributed by atoms with Gasteiger partial charge in [0.05, 0.1) is 11.0 Å². The normalized spacial score (nSPS) is 12.2. The Labute approximate surface area is 124 Å². The maximum absolute atomic E-state index is 11.0. The van der Waals surface area contributed by atoms with E-state index in [0.29, 0.717) is 15.6 Å². The molecule has 0 aliphatic rings. The average molecular weight is 314 g/mol. The van der Waals surface area contributed by atoms with Crippen molar-refractivity contribution in [3.63, 3.8) is 0 Å². The molecule has 1 atom stereocenters. The minimum absolute atomic E-state index is 0.146. The van der Waals surface area contributed by atoms with Crippen molar-refractivity contribution < 1.29 is 14.8 Å². The number of aliphatic hydroxyl groups is 1. The fraction of sp³-hybridized carbons (Fsp3) is 0.231. The van der Waals surface area contributed by atoms with Crippen LogP contribution in [-0.2, 0) is 0 Å². The molecule has 0 saturated heterocycles. The van der Waals surface area contributed by atoms with E-state index in [1.807, 2.05) is 6.92 Å². The third-order valence-electron chi connectivity index (χ3n) is 2.65. The predicted octanol–water partition coefficient (Wildman–Crippen LogP) is 4.46. The molecule has 0 amide bonds. The van der Waals surface area contributed by atoms with Gasteiger partial charge in [0, 0.05) is 16.0 Å². The summed E-state index contributed by atoms with van der Waals surface area (Å²) in [6, 6.07) is 6.34. The minimum Gasteiger partial charge on any atom is -0.440 e. The van der Waals surface area contributed by atoms with E-state index in [1.54, 1.807) is 25.1 Å². The molecule has 1 aromatic heterocycles. The van der Waals surface area contributed by atoms with Gasteiger partial charge in [-0.2, -0.15) is 0 Å². The van der Waals surface area contributed by atoms with E-state index in [1.165, 1.54) is 6.07 Å². The van der Waals surface area contributed by atoms with E-state index in [2.05, 4.69) is 0 Å². The highest BCUT2D eigenvalue weighted by atomic mass is 35.5. The van der Waals surface area contributed by atoms with E-state index in [0.717, 1.165) is 16.9 Å². The second-order valence-corrected chi connectivity index (χ2v) is 5.72. The lowest BCUT2D eigenvalue weighted by Gasteiger charge is -2.05. The zero-order valence-corrected chi connectivity index (χ0v) is 12.4.